The minimum absolute atomic E-state index is 0.0157. The van der Waals surface area contributed by atoms with Crippen molar-refractivity contribution >= 4 is 63.2 Å². The number of nitrogens with zero attached hydrogens (tertiary/aromatic N) is 2. The fourth-order valence-corrected chi connectivity index (χ4v) is 3.49. The Labute approximate surface area is 181 Å². The lowest BCUT2D eigenvalue weighted by atomic mass is 10.2. The van der Waals surface area contributed by atoms with Crippen LogP contribution >= 0.6 is 23.3 Å². The van der Waals surface area contributed by atoms with Crippen LogP contribution in [0, 0.1) is 0 Å². The highest BCUT2D eigenvalue weighted by atomic mass is 35.5. The zero-order chi connectivity index (χ0) is 20.9. The number of hydrogen-bond acceptors (Lipinski definition) is 6. The predicted molar refractivity (Wildman–Crippen MR) is 120 cm³/mol. The molecule has 0 atom stereocenters. The maximum Gasteiger partial charge on any atom is 0.255 e. The summed E-state index contributed by atoms with van der Waals surface area (Å²) in [5, 5.41) is 9.30. The number of benzene rings is 3. The lowest BCUT2D eigenvalue weighted by molar-refractivity contribution is -0.114. The molecule has 0 unspecified atom stereocenters. The van der Waals surface area contributed by atoms with Crippen LogP contribution in [0.4, 0.5) is 17.1 Å². The van der Waals surface area contributed by atoms with Crippen molar-refractivity contribution in [1.29, 1.82) is 0 Å². The molecule has 4 rings (SSSR count). The number of hydrogen-bond donors (Lipinski definition) is 3. The Hall–Kier alpha value is -3.49. The van der Waals surface area contributed by atoms with Gasteiger partial charge in [0, 0.05) is 10.6 Å². The Kier molecular flexibility index (Phi) is 5.87. The first-order valence-electron chi connectivity index (χ1n) is 9.01. The van der Waals surface area contributed by atoms with E-state index in [0.717, 1.165) is 17.2 Å². The van der Waals surface area contributed by atoms with E-state index in [1.54, 1.807) is 48.5 Å². The molecule has 9 heteroatoms. The van der Waals surface area contributed by atoms with Gasteiger partial charge in [-0.1, -0.05) is 29.8 Å². The third-order valence-corrected chi connectivity index (χ3v) is 5.08. The summed E-state index contributed by atoms with van der Waals surface area (Å²) in [6.07, 6.45) is 0. The Morgan fingerprint density at radius 2 is 1.57 bits per heavy atom. The summed E-state index contributed by atoms with van der Waals surface area (Å²) in [6.45, 7) is 0.0157. The van der Waals surface area contributed by atoms with Gasteiger partial charge in [0.15, 0.2) is 0 Å². The number of carbonyl (C=O) groups excluding carboxylic acids is 2. The maximum absolute atomic E-state index is 12.5. The lowest BCUT2D eigenvalue weighted by Crippen LogP contribution is -2.22. The molecule has 0 aliphatic heterocycles. The average Bonchev–Trinajstić information content (AvgIpc) is 3.23. The van der Waals surface area contributed by atoms with Gasteiger partial charge in [-0.05, 0) is 48.5 Å². The van der Waals surface area contributed by atoms with E-state index < -0.39 is 0 Å². The minimum atomic E-state index is -0.270. The second-order valence-electron chi connectivity index (χ2n) is 6.35. The molecule has 0 fully saturated rings. The SMILES string of the molecule is O=C(CNc1ccccc1NC(=O)c1ccc(Cl)cc1)Nc1cccc2nsnc12. The summed E-state index contributed by atoms with van der Waals surface area (Å²) >= 11 is 6.97. The highest BCUT2D eigenvalue weighted by molar-refractivity contribution is 7.00. The van der Waals surface area contributed by atoms with E-state index in [9.17, 15) is 9.59 Å². The maximum atomic E-state index is 12.5. The molecule has 3 N–H and O–H groups in total. The zero-order valence-electron chi connectivity index (χ0n) is 15.6. The van der Waals surface area contributed by atoms with Crippen LogP contribution in [0.1, 0.15) is 10.4 Å². The van der Waals surface area contributed by atoms with E-state index in [4.69, 9.17) is 11.6 Å². The highest BCUT2D eigenvalue weighted by Gasteiger charge is 2.11. The van der Waals surface area contributed by atoms with E-state index in [2.05, 4.69) is 24.7 Å². The fraction of sp³-hybridized carbons (Fsp3) is 0.0476. The normalized spacial score (nSPS) is 10.6. The van der Waals surface area contributed by atoms with Gasteiger partial charge < -0.3 is 16.0 Å². The van der Waals surface area contributed by atoms with Gasteiger partial charge in [0.05, 0.1) is 35.3 Å². The molecule has 0 saturated carbocycles. The van der Waals surface area contributed by atoms with Crippen LogP contribution < -0.4 is 16.0 Å². The number of aromatic nitrogens is 2. The van der Waals surface area contributed by atoms with Crippen LogP contribution in [0.5, 0.6) is 0 Å². The Morgan fingerprint density at radius 1 is 0.833 bits per heavy atom. The first-order chi connectivity index (χ1) is 14.6. The molecule has 7 nitrogen and oxygen atoms in total. The quantitative estimate of drug-likeness (QED) is 0.408. The van der Waals surface area contributed by atoms with Gasteiger partial charge in [0.1, 0.15) is 11.0 Å². The van der Waals surface area contributed by atoms with Crippen LogP contribution in [0.15, 0.2) is 66.7 Å². The van der Waals surface area contributed by atoms with Crippen molar-refractivity contribution in [2.75, 3.05) is 22.5 Å². The molecule has 4 aromatic rings. The van der Waals surface area contributed by atoms with Crippen molar-refractivity contribution in [1.82, 2.24) is 8.75 Å². The molecular weight excluding hydrogens is 422 g/mol. The molecule has 30 heavy (non-hydrogen) atoms. The van der Waals surface area contributed by atoms with E-state index in [1.807, 2.05) is 18.2 Å². The molecule has 0 bridgehead atoms. The molecule has 1 aromatic heterocycles. The van der Waals surface area contributed by atoms with Gasteiger partial charge in [-0.3, -0.25) is 9.59 Å². The summed E-state index contributed by atoms with van der Waals surface area (Å²) in [5.74, 6) is -0.512. The predicted octanol–water partition coefficient (Wildman–Crippen LogP) is 4.65. The molecule has 0 aliphatic carbocycles. The highest BCUT2D eigenvalue weighted by Crippen LogP contribution is 2.23. The summed E-state index contributed by atoms with van der Waals surface area (Å²) in [6, 6.07) is 19.2. The Bertz CT molecular complexity index is 1210. The number of anilines is 3. The largest absolute Gasteiger partial charge is 0.374 e. The number of para-hydroxylation sites is 2. The van der Waals surface area contributed by atoms with Crippen molar-refractivity contribution in [3.05, 3.63) is 77.3 Å². The van der Waals surface area contributed by atoms with Crippen molar-refractivity contribution < 1.29 is 9.59 Å². The molecule has 0 spiro atoms. The van der Waals surface area contributed by atoms with E-state index >= 15 is 0 Å². The summed E-state index contributed by atoms with van der Waals surface area (Å²) < 4.78 is 8.38. The van der Waals surface area contributed by atoms with Gasteiger partial charge in [0.2, 0.25) is 5.91 Å². The van der Waals surface area contributed by atoms with Crippen molar-refractivity contribution in [2.45, 2.75) is 0 Å². The van der Waals surface area contributed by atoms with Gasteiger partial charge in [-0.2, -0.15) is 8.75 Å². The van der Waals surface area contributed by atoms with Crippen LogP contribution in [0.3, 0.4) is 0 Å². The average molecular weight is 438 g/mol. The Morgan fingerprint density at radius 3 is 2.37 bits per heavy atom. The molecule has 3 aromatic carbocycles. The minimum Gasteiger partial charge on any atom is -0.374 e. The van der Waals surface area contributed by atoms with Gasteiger partial charge in [-0.25, -0.2) is 0 Å². The lowest BCUT2D eigenvalue weighted by Gasteiger charge is -2.13. The smallest absolute Gasteiger partial charge is 0.255 e. The van der Waals surface area contributed by atoms with E-state index in [0.29, 0.717) is 33.2 Å². The molecule has 0 radical (unpaired) electrons. The molecule has 2 amide bonds. The number of rotatable bonds is 6. The Balaban J connectivity index is 1.41. The summed E-state index contributed by atoms with van der Waals surface area (Å²) in [4.78, 5) is 24.9. The second-order valence-corrected chi connectivity index (χ2v) is 7.31. The fourth-order valence-electron chi connectivity index (χ4n) is 2.82. The van der Waals surface area contributed by atoms with Gasteiger partial charge in [0.25, 0.3) is 5.91 Å². The molecule has 150 valence electrons. The third kappa shape index (κ3) is 4.56. The van der Waals surface area contributed by atoms with Crippen LogP contribution in [-0.4, -0.2) is 27.1 Å². The van der Waals surface area contributed by atoms with Gasteiger partial charge in [-0.15, -0.1) is 0 Å². The molecule has 0 aliphatic rings. The van der Waals surface area contributed by atoms with E-state index in [-0.39, 0.29) is 18.4 Å². The standard InChI is InChI=1S/C21H16ClN5O2S/c22-14-10-8-13(9-11-14)21(29)25-16-5-2-1-4-15(16)23-12-19(28)24-17-6-3-7-18-20(17)27-30-26-18/h1-11,23H,12H2,(H,24,28)(H,25,29). The number of amides is 2. The van der Waals surface area contributed by atoms with E-state index in [1.165, 1.54) is 0 Å². The first-order valence-corrected chi connectivity index (χ1v) is 10.1. The summed E-state index contributed by atoms with van der Waals surface area (Å²) in [5.41, 5.74) is 3.68. The number of halogens is 1. The molecule has 0 saturated heterocycles. The molecular formula is C21H16ClN5O2S. The van der Waals surface area contributed by atoms with Crippen molar-refractivity contribution in [3.8, 4) is 0 Å². The van der Waals surface area contributed by atoms with Crippen LogP contribution in [0.2, 0.25) is 5.02 Å². The van der Waals surface area contributed by atoms with Crippen LogP contribution in [-0.2, 0) is 4.79 Å². The number of nitrogens with one attached hydrogen (secondary N) is 3. The second kappa shape index (κ2) is 8.89. The zero-order valence-corrected chi connectivity index (χ0v) is 17.1. The number of carbonyl (C=O) groups is 2. The van der Waals surface area contributed by atoms with Crippen molar-refractivity contribution in [3.63, 3.8) is 0 Å². The van der Waals surface area contributed by atoms with Gasteiger partial charge >= 0.3 is 0 Å². The summed E-state index contributed by atoms with van der Waals surface area (Å²) in [7, 11) is 0. The first kappa shape index (κ1) is 19.8. The molecule has 1 heterocycles. The monoisotopic (exact) mass is 437 g/mol. The topological polar surface area (TPSA) is 96.0 Å². The third-order valence-electron chi connectivity index (χ3n) is 4.28. The number of fused-ring (bicyclic) bond motifs is 1. The van der Waals surface area contributed by atoms with Crippen LogP contribution in [0.25, 0.3) is 11.0 Å². The van der Waals surface area contributed by atoms with Crippen molar-refractivity contribution in [2.24, 2.45) is 0 Å².